The molecule has 0 unspecified atom stereocenters. The van der Waals surface area contributed by atoms with Crippen LogP contribution in [0.25, 0.3) is 22.4 Å². The molecule has 0 aromatic carbocycles. The number of aromatic amines is 1. The Bertz CT molecular complexity index is 796. The quantitative estimate of drug-likeness (QED) is 0.754. The topological polar surface area (TPSA) is 69.7 Å². The van der Waals surface area contributed by atoms with E-state index >= 15 is 0 Å². The van der Waals surface area contributed by atoms with Gasteiger partial charge in [-0.25, -0.2) is 9.97 Å². The zero-order valence-electron chi connectivity index (χ0n) is 12.5. The van der Waals surface area contributed by atoms with Crippen LogP contribution in [0.4, 0.5) is 5.82 Å². The second-order valence-electron chi connectivity index (χ2n) is 5.66. The van der Waals surface area contributed by atoms with Gasteiger partial charge in [-0.05, 0) is 31.2 Å². The Morgan fingerprint density at radius 2 is 2.18 bits per heavy atom. The lowest BCUT2D eigenvalue weighted by Gasteiger charge is -2.32. The predicted octanol–water partition coefficient (Wildman–Crippen LogP) is 1.82. The van der Waals surface area contributed by atoms with E-state index in [1.54, 1.807) is 6.20 Å². The van der Waals surface area contributed by atoms with Crippen LogP contribution in [0, 0.1) is 0 Å². The molecule has 6 heteroatoms. The highest BCUT2D eigenvalue weighted by atomic mass is 15.2. The second-order valence-corrected chi connectivity index (χ2v) is 5.66. The van der Waals surface area contributed by atoms with Crippen LogP contribution in [-0.4, -0.2) is 45.8 Å². The highest BCUT2D eigenvalue weighted by Crippen LogP contribution is 2.25. The molecular weight excluding hydrogens is 276 g/mol. The molecular formula is C16H18N6. The molecule has 1 saturated heterocycles. The van der Waals surface area contributed by atoms with Gasteiger partial charge in [0.05, 0.1) is 11.4 Å². The van der Waals surface area contributed by atoms with Crippen LogP contribution in [-0.2, 0) is 0 Å². The summed E-state index contributed by atoms with van der Waals surface area (Å²) in [7, 11) is 0. The van der Waals surface area contributed by atoms with Crippen LogP contribution in [0.1, 0.15) is 6.92 Å². The van der Waals surface area contributed by atoms with Gasteiger partial charge in [0.1, 0.15) is 5.82 Å². The number of hydrogen-bond acceptors (Lipinski definition) is 5. The Morgan fingerprint density at radius 1 is 1.23 bits per heavy atom. The summed E-state index contributed by atoms with van der Waals surface area (Å²) in [6.45, 7) is 5.14. The van der Waals surface area contributed by atoms with Gasteiger partial charge in [0.15, 0.2) is 5.65 Å². The van der Waals surface area contributed by atoms with Crippen molar-refractivity contribution in [2.24, 2.45) is 0 Å². The smallest absolute Gasteiger partial charge is 0.181 e. The largest absolute Gasteiger partial charge is 0.354 e. The van der Waals surface area contributed by atoms with Crippen molar-refractivity contribution >= 4 is 16.9 Å². The lowest BCUT2D eigenvalue weighted by atomic mass is 10.2. The van der Waals surface area contributed by atoms with Crippen molar-refractivity contribution in [3.8, 4) is 11.4 Å². The second kappa shape index (κ2) is 5.38. The van der Waals surface area contributed by atoms with Crippen molar-refractivity contribution in [1.29, 1.82) is 0 Å². The van der Waals surface area contributed by atoms with E-state index in [1.165, 1.54) is 0 Å². The van der Waals surface area contributed by atoms with E-state index in [2.05, 4.69) is 38.4 Å². The molecule has 2 N–H and O–H groups in total. The number of rotatable bonds is 2. The van der Waals surface area contributed by atoms with E-state index in [4.69, 9.17) is 4.98 Å². The van der Waals surface area contributed by atoms with Crippen molar-refractivity contribution in [3.05, 3.63) is 36.5 Å². The number of piperazine rings is 1. The first-order valence-electron chi connectivity index (χ1n) is 7.56. The molecule has 0 saturated carbocycles. The van der Waals surface area contributed by atoms with Gasteiger partial charge in [0, 0.05) is 37.3 Å². The van der Waals surface area contributed by atoms with E-state index in [-0.39, 0.29) is 0 Å². The average Bonchev–Trinajstić information content (AvgIpc) is 2.99. The van der Waals surface area contributed by atoms with Crippen molar-refractivity contribution in [1.82, 2.24) is 25.5 Å². The summed E-state index contributed by atoms with van der Waals surface area (Å²) in [5, 5.41) is 11.8. The average molecular weight is 294 g/mol. The molecule has 4 heterocycles. The number of aromatic nitrogens is 4. The molecule has 0 amide bonds. The molecule has 0 aliphatic carbocycles. The van der Waals surface area contributed by atoms with Gasteiger partial charge in [0.2, 0.25) is 0 Å². The number of fused-ring (bicyclic) bond motifs is 1. The standard InChI is InChI=1S/C16H18N6/c1-11-10-22(9-8-17-11)14-6-2-5-13(19-14)15-12-4-3-7-18-16(12)21-20-15/h2-7,11,17H,8-10H2,1H3,(H,18,20,21)/t11-/m0/s1. The summed E-state index contributed by atoms with van der Waals surface area (Å²) in [5.41, 5.74) is 2.55. The number of anilines is 1. The number of hydrogen-bond donors (Lipinski definition) is 2. The van der Waals surface area contributed by atoms with E-state index in [0.29, 0.717) is 6.04 Å². The number of nitrogens with one attached hydrogen (secondary N) is 2. The van der Waals surface area contributed by atoms with Gasteiger partial charge in [-0.3, -0.25) is 5.10 Å². The molecule has 1 fully saturated rings. The molecule has 0 spiro atoms. The number of nitrogens with zero attached hydrogens (tertiary/aromatic N) is 4. The maximum absolute atomic E-state index is 4.82. The van der Waals surface area contributed by atoms with Gasteiger partial charge in [-0.1, -0.05) is 6.07 Å². The van der Waals surface area contributed by atoms with E-state index in [0.717, 1.165) is 47.9 Å². The van der Waals surface area contributed by atoms with Crippen LogP contribution in [0.2, 0.25) is 0 Å². The van der Waals surface area contributed by atoms with Crippen LogP contribution >= 0.6 is 0 Å². The van der Waals surface area contributed by atoms with Crippen LogP contribution in [0.3, 0.4) is 0 Å². The van der Waals surface area contributed by atoms with Gasteiger partial charge in [-0.15, -0.1) is 0 Å². The molecule has 0 radical (unpaired) electrons. The third-order valence-corrected chi connectivity index (χ3v) is 4.01. The lowest BCUT2D eigenvalue weighted by Crippen LogP contribution is -2.49. The summed E-state index contributed by atoms with van der Waals surface area (Å²) in [6, 6.07) is 10.5. The Hall–Kier alpha value is -2.47. The minimum absolute atomic E-state index is 0.483. The Labute approximate surface area is 128 Å². The normalized spacial score (nSPS) is 18.8. The van der Waals surface area contributed by atoms with Gasteiger partial charge >= 0.3 is 0 Å². The summed E-state index contributed by atoms with van der Waals surface area (Å²) >= 11 is 0. The van der Waals surface area contributed by atoms with Crippen LogP contribution in [0.5, 0.6) is 0 Å². The number of pyridine rings is 2. The zero-order valence-corrected chi connectivity index (χ0v) is 12.5. The highest BCUT2D eigenvalue weighted by molar-refractivity contribution is 5.89. The highest BCUT2D eigenvalue weighted by Gasteiger charge is 2.18. The monoisotopic (exact) mass is 294 g/mol. The van der Waals surface area contributed by atoms with Crippen LogP contribution < -0.4 is 10.2 Å². The lowest BCUT2D eigenvalue weighted by molar-refractivity contribution is 0.482. The van der Waals surface area contributed by atoms with Crippen molar-refractivity contribution < 1.29 is 0 Å². The van der Waals surface area contributed by atoms with E-state index in [1.807, 2.05) is 24.3 Å². The zero-order chi connectivity index (χ0) is 14.9. The Kier molecular flexibility index (Phi) is 3.23. The minimum atomic E-state index is 0.483. The SMILES string of the molecule is C[C@H]1CN(c2cccc(-c3[nH]nc4ncccc34)n2)CCN1. The summed E-state index contributed by atoms with van der Waals surface area (Å²) in [5.74, 6) is 1.01. The molecule has 1 aliphatic heterocycles. The predicted molar refractivity (Wildman–Crippen MR) is 86.8 cm³/mol. The fraction of sp³-hybridized carbons (Fsp3) is 0.312. The van der Waals surface area contributed by atoms with Gasteiger partial charge in [-0.2, -0.15) is 5.10 Å². The molecule has 3 aromatic heterocycles. The van der Waals surface area contributed by atoms with Gasteiger partial charge < -0.3 is 10.2 Å². The number of H-pyrrole nitrogens is 1. The fourth-order valence-electron chi connectivity index (χ4n) is 2.92. The third kappa shape index (κ3) is 2.31. The molecule has 4 rings (SSSR count). The molecule has 112 valence electrons. The van der Waals surface area contributed by atoms with Gasteiger partial charge in [0.25, 0.3) is 0 Å². The van der Waals surface area contributed by atoms with Crippen molar-refractivity contribution in [2.45, 2.75) is 13.0 Å². The summed E-state index contributed by atoms with van der Waals surface area (Å²) in [6.07, 6.45) is 1.75. The molecule has 0 bridgehead atoms. The fourth-order valence-corrected chi connectivity index (χ4v) is 2.92. The minimum Gasteiger partial charge on any atom is -0.354 e. The molecule has 22 heavy (non-hydrogen) atoms. The van der Waals surface area contributed by atoms with Crippen LogP contribution in [0.15, 0.2) is 36.5 Å². The maximum Gasteiger partial charge on any atom is 0.181 e. The Balaban J connectivity index is 1.72. The first kappa shape index (κ1) is 13.2. The van der Waals surface area contributed by atoms with E-state index < -0.39 is 0 Å². The third-order valence-electron chi connectivity index (χ3n) is 4.01. The van der Waals surface area contributed by atoms with Crippen molar-refractivity contribution in [3.63, 3.8) is 0 Å². The first-order chi connectivity index (χ1) is 10.8. The molecule has 1 aliphatic rings. The molecule has 3 aromatic rings. The summed E-state index contributed by atoms with van der Waals surface area (Å²) < 4.78 is 0. The molecule has 6 nitrogen and oxygen atoms in total. The molecule has 1 atom stereocenters. The maximum atomic E-state index is 4.82. The van der Waals surface area contributed by atoms with Crippen molar-refractivity contribution in [2.75, 3.05) is 24.5 Å². The Morgan fingerprint density at radius 3 is 3.09 bits per heavy atom. The summed E-state index contributed by atoms with van der Waals surface area (Å²) in [4.78, 5) is 11.4. The first-order valence-corrected chi connectivity index (χ1v) is 7.56. The van der Waals surface area contributed by atoms with E-state index in [9.17, 15) is 0 Å².